The molecule has 0 bridgehead atoms. The lowest BCUT2D eigenvalue weighted by atomic mass is 10.2. The minimum atomic E-state index is -0.166. The Morgan fingerprint density at radius 1 is 1.12 bits per heavy atom. The van der Waals surface area contributed by atoms with E-state index in [1.165, 1.54) is 0 Å². The summed E-state index contributed by atoms with van der Waals surface area (Å²) in [5.41, 5.74) is 1.86. The van der Waals surface area contributed by atoms with Gasteiger partial charge in [-0.2, -0.15) is 4.98 Å². The maximum atomic E-state index is 13.0. The van der Waals surface area contributed by atoms with Crippen molar-refractivity contribution < 1.29 is 9.32 Å². The third-order valence-corrected chi connectivity index (χ3v) is 4.87. The van der Waals surface area contributed by atoms with Gasteiger partial charge in [0.15, 0.2) is 5.82 Å². The van der Waals surface area contributed by atoms with Crippen LogP contribution in [0, 0.1) is 0 Å². The average molecular weight is 335 g/mol. The van der Waals surface area contributed by atoms with Crippen molar-refractivity contribution in [3.05, 3.63) is 47.9 Å². The highest BCUT2D eigenvalue weighted by atomic mass is 16.5. The predicted molar refractivity (Wildman–Crippen MR) is 88.8 cm³/mol. The van der Waals surface area contributed by atoms with Crippen LogP contribution >= 0.6 is 0 Å². The second-order valence-corrected chi connectivity index (χ2v) is 6.67. The van der Waals surface area contributed by atoms with E-state index in [9.17, 15) is 4.79 Å². The Morgan fingerprint density at radius 2 is 1.96 bits per heavy atom. The summed E-state index contributed by atoms with van der Waals surface area (Å²) in [4.78, 5) is 28.1. The maximum Gasteiger partial charge on any atom is 0.274 e. The minimum absolute atomic E-state index is 0.132. The van der Waals surface area contributed by atoms with Gasteiger partial charge in [-0.3, -0.25) is 9.78 Å². The van der Waals surface area contributed by atoms with Crippen LogP contribution in [0.15, 0.2) is 35.0 Å². The van der Waals surface area contributed by atoms with E-state index in [-0.39, 0.29) is 11.9 Å². The maximum absolute atomic E-state index is 13.0. The second kappa shape index (κ2) is 5.61. The Labute approximate surface area is 144 Å². The zero-order chi connectivity index (χ0) is 16.8. The van der Waals surface area contributed by atoms with E-state index >= 15 is 0 Å². The Kier molecular flexibility index (Phi) is 3.26. The number of nitrogens with zero attached hydrogens (tertiary/aromatic N) is 5. The molecule has 2 fully saturated rings. The molecule has 7 heteroatoms. The van der Waals surface area contributed by atoms with E-state index in [0.717, 1.165) is 42.5 Å². The molecule has 1 amide bonds. The van der Waals surface area contributed by atoms with Gasteiger partial charge in [-0.1, -0.05) is 17.3 Å². The van der Waals surface area contributed by atoms with Gasteiger partial charge in [-0.25, -0.2) is 4.98 Å². The Bertz CT molecular complexity index is 949. The van der Waals surface area contributed by atoms with Crippen LogP contribution in [0.3, 0.4) is 0 Å². The number of likely N-dealkylation sites (tertiary alicyclic amines) is 1. The molecular formula is C18H17N5O2. The van der Waals surface area contributed by atoms with Crippen molar-refractivity contribution in [2.24, 2.45) is 0 Å². The molecule has 7 nitrogen and oxygen atoms in total. The van der Waals surface area contributed by atoms with Gasteiger partial charge < -0.3 is 9.42 Å². The molecule has 1 aromatic carbocycles. The normalized spacial score (nSPS) is 20.3. The van der Waals surface area contributed by atoms with Gasteiger partial charge in [-0.15, -0.1) is 0 Å². The van der Waals surface area contributed by atoms with Crippen molar-refractivity contribution >= 4 is 16.9 Å². The van der Waals surface area contributed by atoms with E-state index in [2.05, 4.69) is 20.1 Å². The molecule has 0 N–H and O–H groups in total. The van der Waals surface area contributed by atoms with E-state index in [4.69, 9.17) is 4.52 Å². The van der Waals surface area contributed by atoms with Crippen molar-refractivity contribution in [1.82, 2.24) is 25.0 Å². The van der Waals surface area contributed by atoms with Gasteiger partial charge in [0.2, 0.25) is 5.89 Å². The van der Waals surface area contributed by atoms with Crippen LogP contribution in [-0.2, 0) is 0 Å². The number of carbonyl (C=O) groups excluding carboxylic acids is 1. The molecule has 5 rings (SSSR count). The lowest BCUT2D eigenvalue weighted by Crippen LogP contribution is -2.31. The highest BCUT2D eigenvalue weighted by Crippen LogP contribution is 2.40. The smallest absolute Gasteiger partial charge is 0.274 e. The number of fused-ring (bicyclic) bond motifs is 1. The molecule has 126 valence electrons. The topological polar surface area (TPSA) is 85.0 Å². The molecule has 1 unspecified atom stereocenters. The van der Waals surface area contributed by atoms with Crippen LogP contribution in [0.5, 0.6) is 0 Å². The molecule has 3 heterocycles. The van der Waals surface area contributed by atoms with Gasteiger partial charge in [0.1, 0.15) is 11.7 Å². The molecule has 1 aliphatic heterocycles. The minimum Gasteiger partial charge on any atom is -0.337 e. The van der Waals surface area contributed by atoms with E-state index in [1.54, 1.807) is 11.1 Å². The van der Waals surface area contributed by atoms with Crippen molar-refractivity contribution in [3.63, 3.8) is 0 Å². The highest BCUT2D eigenvalue weighted by molar-refractivity contribution is 5.94. The Hall–Kier alpha value is -2.83. The lowest BCUT2D eigenvalue weighted by Gasteiger charge is -2.21. The zero-order valence-electron chi connectivity index (χ0n) is 13.6. The molecule has 25 heavy (non-hydrogen) atoms. The largest absolute Gasteiger partial charge is 0.337 e. The van der Waals surface area contributed by atoms with Crippen molar-refractivity contribution in [2.45, 2.75) is 37.6 Å². The summed E-state index contributed by atoms with van der Waals surface area (Å²) in [5.74, 6) is 1.63. The van der Waals surface area contributed by atoms with E-state index in [1.807, 2.05) is 24.3 Å². The van der Waals surface area contributed by atoms with Crippen LogP contribution < -0.4 is 0 Å². The molecule has 1 aliphatic carbocycles. The number of benzene rings is 1. The number of hydrogen-bond donors (Lipinski definition) is 0. The third-order valence-electron chi connectivity index (χ3n) is 4.87. The fourth-order valence-corrected chi connectivity index (χ4v) is 3.36. The predicted octanol–water partition coefficient (Wildman–Crippen LogP) is 2.87. The van der Waals surface area contributed by atoms with Gasteiger partial charge in [-0.05, 0) is 37.8 Å². The zero-order valence-corrected chi connectivity index (χ0v) is 13.6. The van der Waals surface area contributed by atoms with Crippen LogP contribution in [0.2, 0.25) is 0 Å². The van der Waals surface area contributed by atoms with Gasteiger partial charge in [0, 0.05) is 12.5 Å². The van der Waals surface area contributed by atoms with Crippen LogP contribution in [-0.4, -0.2) is 37.5 Å². The molecular weight excluding hydrogens is 318 g/mol. The first-order valence-electron chi connectivity index (χ1n) is 8.66. The number of carbonyl (C=O) groups is 1. The number of aromatic nitrogens is 4. The number of hydrogen-bond acceptors (Lipinski definition) is 6. The monoisotopic (exact) mass is 335 g/mol. The van der Waals surface area contributed by atoms with Crippen LogP contribution in [0.1, 0.15) is 59.8 Å². The molecule has 2 aliphatic rings. The first-order chi connectivity index (χ1) is 12.3. The molecule has 1 atom stereocenters. The third kappa shape index (κ3) is 2.56. The lowest BCUT2D eigenvalue weighted by molar-refractivity contribution is 0.0704. The van der Waals surface area contributed by atoms with Crippen molar-refractivity contribution in [2.75, 3.05) is 6.54 Å². The summed E-state index contributed by atoms with van der Waals surface area (Å²) in [5, 5.41) is 4.08. The number of amides is 1. The summed E-state index contributed by atoms with van der Waals surface area (Å²) >= 11 is 0. The molecule has 3 aromatic rings. The first kappa shape index (κ1) is 14.5. The highest BCUT2D eigenvalue weighted by Gasteiger charge is 2.37. The van der Waals surface area contributed by atoms with E-state index in [0.29, 0.717) is 24.0 Å². The molecule has 1 saturated carbocycles. The van der Waals surface area contributed by atoms with Gasteiger partial charge in [0.05, 0.1) is 17.2 Å². The molecule has 0 radical (unpaired) electrons. The number of rotatable bonds is 3. The summed E-state index contributed by atoms with van der Waals surface area (Å²) in [6.07, 6.45) is 5.54. The SMILES string of the molecule is O=C(c1cnc2ccccc2n1)N1CCCC1c1nc(C2CC2)no1. The van der Waals surface area contributed by atoms with Crippen molar-refractivity contribution in [3.8, 4) is 0 Å². The summed E-state index contributed by atoms with van der Waals surface area (Å²) in [6.45, 7) is 0.666. The van der Waals surface area contributed by atoms with Gasteiger partial charge in [0.25, 0.3) is 5.91 Å². The van der Waals surface area contributed by atoms with Crippen LogP contribution in [0.4, 0.5) is 0 Å². The Balaban J connectivity index is 1.44. The standard InChI is InChI=1S/C18H17N5O2/c24-18(14-10-19-12-4-1-2-5-13(12)20-14)23-9-3-6-15(23)17-21-16(22-25-17)11-7-8-11/h1-2,4-5,10-11,15H,3,6-9H2. The van der Waals surface area contributed by atoms with E-state index < -0.39 is 0 Å². The fraction of sp³-hybridized carbons (Fsp3) is 0.389. The number of para-hydroxylation sites is 2. The second-order valence-electron chi connectivity index (χ2n) is 6.67. The summed E-state index contributed by atoms with van der Waals surface area (Å²) in [7, 11) is 0. The summed E-state index contributed by atoms with van der Waals surface area (Å²) in [6, 6.07) is 7.37. The van der Waals surface area contributed by atoms with Crippen LogP contribution in [0.25, 0.3) is 11.0 Å². The fourth-order valence-electron chi connectivity index (χ4n) is 3.36. The molecule has 1 saturated heterocycles. The molecule has 2 aromatic heterocycles. The average Bonchev–Trinajstić information content (AvgIpc) is 3.19. The van der Waals surface area contributed by atoms with Gasteiger partial charge >= 0.3 is 0 Å². The molecule has 0 spiro atoms. The summed E-state index contributed by atoms with van der Waals surface area (Å²) < 4.78 is 5.45. The Morgan fingerprint density at radius 3 is 2.80 bits per heavy atom. The quantitative estimate of drug-likeness (QED) is 0.731. The first-order valence-corrected chi connectivity index (χ1v) is 8.66. The van der Waals surface area contributed by atoms with Crippen molar-refractivity contribution in [1.29, 1.82) is 0 Å².